The average Bonchev–Trinajstić information content (AvgIpc) is 3.02. The summed E-state index contributed by atoms with van der Waals surface area (Å²) in [7, 11) is 0. The highest BCUT2D eigenvalue weighted by Crippen LogP contribution is 2.35. The first-order valence-electron chi connectivity index (χ1n) is 6.35. The van der Waals surface area contributed by atoms with Crippen molar-refractivity contribution in [1.82, 2.24) is 4.90 Å². The Balaban J connectivity index is 1.73. The summed E-state index contributed by atoms with van der Waals surface area (Å²) in [4.78, 5) is 4.08. The Morgan fingerprint density at radius 1 is 1.22 bits per heavy atom. The highest BCUT2D eigenvalue weighted by molar-refractivity contribution is 7.10. The van der Waals surface area contributed by atoms with Crippen LogP contribution in [0.4, 0.5) is 0 Å². The van der Waals surface area contributed by atoms with Gasteiger partial charge in [0.05, 0.1) is 0 Å². The molecule has 1 atom stereocenters. The molecule has 94 valence electrons. The number of halogens is 1. The van der Waals surface area contributed by atoms with Gasteiger partial charge in [-0.05, 0) is 48.5 Å². The van der Waals surface area contributed by atoms with Gasteiger partial charge in [-0.3, -0.25) is 4.90 Å². The summed E-state index contributed by atoms with van der Waals surface area (Å²) in [5.74, 6) is 0. The SMILES string of the molecule is Clc1ccc(CN2CCCC2c2cccs2)cc1. The zero-order chi connectivity index (χ0) is 12.4. The van der Waals surface area contributed by atoms with Crippen LogP contribution in [0, 0.1) is 0 Å². The molecule has 1 saturated heterocycles. The number of nitrogens with zero attached hydrogens (tertiary/aromatic N) is 1. The summed E-state index contributed by atoms with van der Waals surface area (Å²) >= 11 is 7.80. The van der Waals surface area contributed by atoms with E-state index in [-0.39, 0.29) is 0 Å². The summed E-state index contributed by atoms with van der Waals surface area (Å²) in [5.41, 5.74) is 1.35. The van der Waals surface area contributed by atoms with Crippen LogP contribution < -0.4 is 0 Å². The van der Waals surface area contributed by atoms with Gasteiger partial charge in [0.15, 0.2) is 0 Å². The third-order valence-electron chi connectivity index (χ3n) is 3.53. The lowest BCUT2D eigenvalue weighted by atomic mass is 10.1. The molecule has 2 aromatic rings. The van der Waals surface area contributed by atoms with Crippen LogP contribution in [0.5, 0.6) is 0 Å². The van der Waals surface area contributed by atoms with Gasteiger partial charge in [-0.2, -0.15) is 0 Å². The van der Waals surface area contributed by atoms with E-state index >= 15 is 0 Å². The van der Waals surface area contributed by atoms with E-state index in [4.69, 9.17) is 11.6 Å². The maximum atomic E-state index is 5.93. The quantitative estimate of drug-likeness (QED) is 0.783. The molecule has 18 heavy (non-hydrogen) atoms. The topological polar surface area (TPSA) is 3.24 Å². The maximum Gasteiger partial charge on any atom is 0.0445 e. The molecule has 2 heterocycles. The van der Waals surface area contributed by atoms with Crippen molar-refractivity contribution >= 4 is 22.9 Å². The van der Waals surface area contributed by atoms with Gasteiger partial charge in [-0.15, -0.1) is 11.3 Å². The lowest BCUT2D eigenvalue weighted by Crippen LogP contribution is -2.22. The normalized spacial score (nSPS) is 20.4. The van der Waals surface area contributed by atoms with Gasteiger partial charge in [-0.25, -0.2) is 0 Å². The van der Waals surface area contributed by atoms with Crippen molar-refractivity contribution in [3.05, 3.63) is 57.2 Å². The van der Waals surface area contributed by atoms with Crippen molar-refractivity contribution in [3.63, 3.8) is 0 Å². The smallest absolute Gasteiger partial charge is 0.0445 e. The molecule has 1 nitrogen and oxygen atoms in total. The van der Waals surface area contributed by atoms with Gasteiger partial charge in [0.25, 0.3) is 0 Å². The number of hydrogen-bond donors (Lipinski definition) is 0. The molecule has 1 aliphatic heterocycles. The van der Waals surface area contributed by atoms with Crippen LogP contribution in [0.25, 0.3) is 0 Å². The van der Waals surface area contributed by atoms with Crippen LogP contribution in [-0.4, -0.2) is 11.4 Å². The van der Waals surface area contributed by atoms with Gasteiger partial charge in [-0.1, -0.05) is 29.8 Å². The third kappa shape index (κ3) is 2.61. The van der Waals surface area contributed by atoms with E-state index in [9.17, 15) is 0 Å². The molecule has 0 bridgehead atoms. The van der Waals surface area contributed by atoms with Crippen LogP contribution in [0.1, 0.15) is 29.3 Å². The van der Waals surface area contributed by atoms with E-state index in [1.807, 2.05) is 23.5 Å². The fraction of sp³-hybridized carbons (Fsp3) is 0.333. The molecule has 3 rings (SSSR count). The van der Waals surface area contributed by atoms with Crippen LogP contribution in [0.2, 0.25) is 5.02 Å². The predicted molar refractivity (Wildman–Crippen MR) is 78.2 cm³/mol. The Morgan fingerprint density at radius 3 is 2.78 bits per heavy atom. The fourth-order valence-corrected chi connectivity index (χ4v) is 3.66. The highest BCUT2D eigenvalue weighted by Gasteiger charge is 2.26. The summed E-state index contributed by atoms with van der Waals surface area (Å²) in [5, 5.41) is 2.99. The van der Waals surface area contributed by atoms with Crippen molar-refractivity contribution in [1.29, 1.82) is 0 Å². The van der Waals surface area contributed by atoms with Crippen LogP contribution >= 0.6 is 22.9 Å². The van der Waals surface area contributed by atoms with Gasteiger partial charge in [0.1, 0.15) is 0 Å². The molecule has 1 aromatic heterocycles. The molecule has 0 aliphatic carbocycles. The van der Waals surface area contributed by atoms with E-state index in [1.54, 1.807) is 0 Å². The molecule has 0 saturated carbocycles. The van der Waals surface area contributed by atoms with Crippen molar-refractivity contribution in [2.45, 2.75) is 25.4 Å². The molecule has 0 amide bonds. The molecule has 0 radical (unpaired) electrons. The van der Waals surface area contributed by atoms with E-state index in [1.165, 1.54) is 29.8 Å². The average molecular weight is 278 g/mol. The molecule has 1 fully saturated rings. The monoisotopic (exact) mass is 277 g/mol. The summed E-state index contributed by atoms with van der Waals surface area (Å²) < 4.78 is 0. The molecular formula is C15H16ClNS. The first-order chi connectivity index (χ1) is 8.83. The van der Waals surface area contributed by atoms with Crippen LogP contribution in [-0.2, 0) is 6.54 Å². The number of benzene rings is 1. The number of rotatable bonds is 3. The second-order valence-electron chi connectivity index (χ2n) is 4.77. The van der Waals surface area contributed by atoms with E-state index in [2.05, 4.69) is 34.5 Å². The Labute approximate surface area is 117 Å². The van der Waals surface area contributed by atoms with Gasteiger partial charge >= 0.3 is 0 Å². The molecule has 1 unspecified atom stereocenters. The fourth-order valence-electron chi connectivity index (χ4n) is 2.64. The maximum absolute atomic E-state index is 5.93. The standard InChI is InChI=1S/C15H16ClNS/c16-13-7-5-12(6-8-13)11-17-9-1-3-14(17)15-4-2-10-18-15/h2,4-8,10,14H,1,3,9,11H2. The third-order valence-corrected chi connectivity index (χ3v) is 4.76. The van der Waals surface area contributed by atoms with E-state index in [0.717, 1.165) is 11.6 Å². The molecular weight excluding hydrogens is 262 g/mol. The lowest BCUT2D eigenvalue weighted by molar-refractivity contribution is 0.251. The zero-order valence-electron chi connectivity index (χ0n) is 10.2. The van der Waals surface area contributed by atoms with Crippen LogP contribution in [0.15, 0.2) is 41.8 Å². The number of hydrogen-bond acceptors (Lipinski definition) is 2. The molecule has 0 spiro atoms. The minimum atomic E-state index is 0.612. The minimum Gasteiger partial charge on any atom is -0.291 e. The van der Waals surface area contributed by atoms with Crippen molar-refractivity contribution < 1.29 is 0 Å². The number of likely N-dealkylation sites (tertiary alicyclic amines) is 1. The largest absolute Gasteiger partial charge is 0.291 e. The van der Waals surface area contributed by atoms with Gasteiger partial charge in [0.2, 0.25) is 0 Å². The van der Waals surface area contributed by atoms with Crippen molar-refractivity contribution in [3.8, 4) is 0 Å². The summed E-state index contributed by atoms with van der Waals surface area (Å²) in [6.07, 6.45) is 2.59. The number of thiophene rings is 1. The van der Waals surface area contributed by atoms with Gasteiger partial charge in [0, 0.05) is 22.5 Å². The minimum absolute atomic E-state index is 0.612. The zero-order valence-corrected chi connectivity index (χ0v) is 11.8. The molecule has 1 aromatic carbocycles. The predicted octanol–water partition coefficient (Wildman–Crippen LogP) is 4.74. The Bertz CT molecular complexity index is 492. The molecule has 3 heteroatoms. The van der Waals surface area contributed by atoms with Crippen molar-refractivity contribution in [2.24, 2.45) is 0 Å². The second kappa shape index (κ2) is 5.43. The molecule has 0 N–H and O–H groups in total. The molecule has 1 aliphatic rings. The van der Waals surface area contributed by atoms with E-state index < -0.39 is 0 Å². The Morgan fingerprint density at radius 2 is 2.06 bits per heavy atom. The highest BCUT2D eigenvalue weighted by atomic mass is 35.5. The Kier molecular flexibility index (Phi) is 3.69. The first kappa shape index (κ1) is 12.2. The second-order valence-corrected chi connectivity index (χ2v) is 6.19. The van der Waals surface area contributed by atoms with Crippen LogP contribution in [0.3, 0.4) is 0 Å². The first-order valence-corrected chi connectivity index (χ1v) is 7.60. The van der Waals surface area contributed by atoms with E-state index in [0.29, 0.717) is 6.04 Å². The summed E-state index contributed by atoms with van der Waals surface area (Å²) in [6, 6.07) is 13.2. The Hall–Kier alpha value is -0.830. The lowest BCUT2D eigenvalue weighted by Gasteiger charge is -2.23. The summed E-state index contributed by atoms with van der Waals surface area (Å²) in [6.45, 7) is 2.23. The van der Waals surface area contributed by atoms with Gasteiger partial charge < -0.3 is 0 Å². The van der Waals surface area contributed by atoms with Crippen molar-refractivity contribution in [2.75, 3.05) is 6.54 Å².